The van der Waals surface area contributed by atoms with Crippen molar-refractivity contribution in [1.29, 1.82) is 0 Å². The molecule has 0 saturated carbocycles. The van der Waals surface area contributed by atoms with Crippen LogP contribution in [-0.4, -0.2) is 38.9 Å². The van der Waals surface area contributed by atoms with Crippen LogP contribution in [0.3, 0.4) is 0 Å². The molecular weight excluding hydrogens is 310 g/mol. The minimum Gasteiger partial charge on any atom is -0.444 e. The highest BCUT2D eigenvalue weighted by atomic mass is 28.4. The van der Waals surface area contributed by atoms with Crippen molar-refractivity contribution in [2.45, 2.75) is 90.6 Å². The monoisotopic (exact) mass is 345 g/mol. The van der Waals surface area contributed by atoms with Crippen molar-refractivity contribution in [2.24, 2.45) is 0 Å². The van der Waals surface area contributed by atoms with E-state index in [1.807, 2.05) is 0 Å². The van der Waals surface area contributed by atoms with E-state index in [-0.39, 0.29) is 6.61 Å². The lowest BCUT2D eigenvalue weighted by Crippen LogP contribution is -2.51. The molecule has 0 aromatic rings. The predicted octanol–water partition coefficient (Wildman–Crippen LogP) is 4.27. The fourth-order valence-electron chi connectivity index (χ4n) is 3.31. The summed E-state index contributed by atoms with van der Waals surface area (Å²) in [5.74, 6) is 0. The molecule has 0 aromatic heterocycles. The van der Waals surface area contributed by atoms with Crippen LogP contribution in [0.2, 0.25) is 16.6 Å². The molecule has 1 atom stereocenters. The molecule has 5 nitrogen and oxygen atoms in total. The molecule has 0 radical (unpaired) electrons. The third-order valence-corrected chi connectivity index (χ3v) is 10.2. The van der Waals surface area contributed by atoms with Gasteiger partial charge in [0, 0.05) is 0 Å². The topological polar surface area (TPSA) is 64.6 Å². The molecule has 0 saturated heterocycles. The summed E-state index contributed by atoms with van der Waals surface area (Å²) >= 11 is 0. The van der Waals surface area contributed by atoms with Gasteiger partial charge >= 0.3 is 6.09 Å². The molecule has 0 aliphatic rings. The fourth-order valence-corrected chi connectivity index (χ4v) is 8.78. The highest BCUT2D eigenvalue weighted by molar-refractivity contribution is 6.77. The van der Waals surface area contributed by atoms with Gasteiger partial charge in [0.25, 0.3) is 0 Å². The Morgan fingerprint density at radius 1 is 1.04 bits per heavy atom. The molecule has 0 spiro atoms. The standard InChI is InChI=1S/C17H35NO4Si/c1-12(2)23(13(3)4,14(5)6)21-11-15(10-19)18-16(20)22-17(7,8)9/h10,12-15H,11H2,1-9H3,(H,18,20)/t15-/m0/s1. The third kappa shape index (κ3) is 6.63. The normalized spacial score (nSPS) is 14.3. The predicted molar refractivity (Wildman–Crippen MR) is 96.2 cm³/mol. The summed E-state index contributed by atoms with van der Waals surface area (Å²) in [5.41, 5.74) is 0.689. The van der Waals surface area contributed by atoms with E-state index < -0.39 is 26.1 Å². The number of rotatable bonds is 8. The Morgan fingerprint density at radius 2 is 1.48 bits per heavy atom. The Balaban J connectivity index is 4.93. The zero-order valence-corrected chi connectivity index (χ0v) is 17.2. The van der Waals surface area contributed by atoms with Crippen molar-refractivity contribution < 1.29 is 18.8 Å². The smallest absolute Gasteiger partial charge is 0.408 e. The van der Waals surface area contributed by atoms with Gasteiger partial charge < -0.3 is 19.3 Å². The second-order valence-electron chi connectivity index (χ2n) is 8.02. The number of ether oxygens (including phenoxy) is 1. The summed E-state index contributed by atoms with van der Waals surface area (Å²) in [5, 5.41) is 2.58. The van der Waals surface area contributed by atoms with Gasteiger partial charge in [0.15, 0.2) is 8.32 Å². The van der Waals surface area contributed by atoms with Gasteiger partial charge in [-0.15, -0.1) is 0 Å². The zero-order chi connectivity index (χ0) is 18.4. The fraction of sp³-hybridized carbons (Fsp3) is 0.882. The SMILES string of the molecule is CC(C)[Si](OC[C@H](C=O)NC(=O)OC(C)(C)C)(C(C)C)C(C)C. The summed E-state index contributed by atoms with van der Waals surface area (Å²) in [6.45, 7) is 18.7. The molecular formula is C17H35NO4Si. The van der Waals surface area contributed by atoms with E-state index in [4.69, 9.17) is 9.16 Å². The first-order valence-electron chi connectivity index (χ1n) is 8.45. The van der Waals surface area contributed by atoms with Crippen LogP contribution in [0.4, 0.5) is 4.79 Å². The van der Waals surface area contributed by atoms with Crippen LogP contribution in [-0.2, 0) is 14.0 Å². The lowest BCUT2D eigenvalue weighted by Gasteiger charge is -2.42. The Hall–Kier alpha value is -0.883. The average Bonchev–Trinajstić information content (AvgIpc) is 2.34. The number of nitrogens with one attached hydrogen (secondary N) is 1. The molecule has 1 amide bonds. The number of aldehydes is 1. The summed E-state index contributed by atoms with van der Waals surface area (Å²) in [4.78, 5) is 23.1. The van der Waals surface area contributed by atoms with Gasteiger partial charge in [-0.05, 0) is 37.4 Å². The maximum absolute atomic E-state index is 11.8. The summed E-state index contributed by atoms with van der Waals surface area (Å²) < 4.78 is 11.5. The minimum atomic E-state index is -2.06. The molecule has 0 aliphatic heterocycles. The lowest BCUT2D eigenvalue weighted by atomic mass is 10.2. The second-order valence-corrected chi connectivity index (χ2v) is 13.5. The van der Waals surface area contributed by atoms with Crippen molar-refractivity contribution in [1.82, 2.24) is 5.32 Å². The minimum absolute atomic E-state index is 0.198. The average molecular weight is 346 g/mol. The summed E-state index contributed by atoms with van der Waals surface area (Å²) in [6, 6.07) is -0.687. The van der Waals surface area contributed by atoms with Crippen LogP contribution in [0.5, 0.6) is 0 Å². The second kappa shape index (κ2) is 8.83. The van der Waals surface area contributed by atoms with E-state index in [0.717, 1.165) is 0 Å². The molecule has 6 heteroatoms. The first kappa shape index (κ1) is 22.1. The number of amides is 1. The van der Waals surface area contributed by atoms with Crippen LogP contribution >= 0.6 is 0 Å². The van der Waals surface area contributed by atoms with Gasteiger partial charge in [0.2, 0.25) is 0 Å². The van der Waals surface area contributed by atoms with Gasteiger partial charge in [-0.2, -0.15) is 0 Å². The molecule has 0 aromatic carbocycles. The molecule has 0 fully saturated rings. The Bertz CT molecular complexity index is 367. The number of alkyl carbamates (subject to hydrolysis) is 1. The first-order valence-corrected chi connectivity index (χ1v) is 10.6. The van der Waals surface area contributed by atoms with E-state index in [1.54, 1.807) is 20.8 Å². The van der Waals surface area contributed by atoms with Gasteiger partial charge in [-0.1, -0.05) is 41.5 Å². The first-order chi connectivity index (χ1) is 10.4. The van der Waals surface area contributed by atoms with Crippen LogP contribution in [0.15, 0.2) is 0 Å². The molecule has 0 aliphatic carbocycles. The van der Waals surface area contributed by atoms with Crippen molar-refractivity contribution in [3.8, 4) is 0 Å². The molecule has 1 N–H and O–H groups in total. The van der Waals surface area contributed by atoms with Gasteiger partial charge in [0.1, 0.15) is 17.9 Å². The molecule has 0 bridgehead atoms. The largest absolute Gasteiger partial charge is 0.444 e. The van der Waals surface area contributed by atoms with E-state index in [1.165, 1.54) is 0 Å². The van der Waals surface area contributed by atoms with Gasteiger partial charge in [0.05, 0.1) is 6.61 Å². The van der Waals surface area contributed by atoms with Crippen molar-refractivity contribution >= 4 is 20.7 Å². The highest BCUT2D eigenvalue weighted by Gasteiger charge is 2.45. The highest BCUT2D eigenvalue weighted by Crippen LogP contribution is 2.42. The van der Waals surface area contributed by atoms with Crippen LogP contribution in [0.1, 0.15) is 62.3 Å². The molecule has 0 heterocycles. The van der Waals surface area contributed by atoms with Crippen molar-refractivity contribution in [2.75, 3.05) is 6.61 Å². The van der Waals surface area contributed by atoms with E-state index in [0.29, 0.717) is 22.9 Å². The Labute approximate surface area is 142 Å². The molecule has 136 valence electrons. The van der Waals surface area contributed by atoms with Crippen molar-refractivity contribution in [3.05, 3.63) is 0 Å². The molecule has 0 unspecified atom stereocenters. The van der Waals surface area contributed by atoms with Crippen LogP contribution < -0.4 is 5.32 Å². The van der Waals surface area contributed by atoms with Crippen molar-refractivity contribution in [3.63, 3.8) is 0 Å². The molecule has 23 heavy (non-hydrogen) atoms. The Morgan fingerprint density at radius 3 is 1.78 bits per heavy atom. The number of hydrogen-bond donors (Lipinski definition) is 1. The zero-order valence-electron chi connectivity index (χ0n) is 16.2. The van der Waals surface area contributed by atoms with Gasteiger partial charge in [-0.3, -0.25) is 0 Å². The van der Waals surface area contributed by atoms with Crippen LogP contribution in [0, 0.1) is 0 Å². The molecule has 0 rings (SSSR count). The summed E-state index contributed by atoms with van der Waals surface area (Å²) in [6.07, 6.45) is 0.119. The quantitative estimate of drug-likeness (QED) is 0.527. The number of carbonyl (C=O) groups excluding carboxylic acids is 2. The van der Waals surface area contributed by atoms with E-state index in [9.17, 15) is 9.59 Å². The maximum Gasteiger partial charge on any atom is 0.408 e. The lowest BCUT2D eigenvalue weighted by molar-refractivity contribution is -0.110. The van der Waals surface area contributed by atoms with Gasteiger partial charge in [-0.25, -0.2) is 4.79 Å². The number of hydrogen-bond acceptors (Lipinski definition) is 4. The summed E-state index contributed by atoms with van der Waals surface area (Å²) in [7, 11) is -2.06. The maximum atomic E-state index is 11.8. The number of carbonyl (C=O) groups is 2. The van der Waals surface area contributed by atoms with Crippen LogP contribution in [0.25, 0.3) is 0 Å². The third-order valence-electron chi connectivity index (χ3n) is 4.09. The Kier molecular flexibility index (Phi) is 8.49. The van der Waals surface area contributed by atoms with E-state index in [2.05, 4.69) is 46.9 Å². The van der Waals surface area contributed by atoms with E-state index >= 15 is 0 Å².